The standard InChI is InChI=1S/C21H26N4O3S/c1-5-15(6-2)24-21(26)17-11-22-20-19(17)25-18(12-23-20)14-7-9-16(10-8-14)29(27,28)13(3)4/h7-13,15H,5-6H2,1-4H3,(H,22,23)(H,24,26). The van der Waals surface area contributed by atoms with Crippen molar-refractivity contribution in [2.45, 2.75) is 56.7 Å². The van der Waals surface area contributed by atoms with Crippen molar-refractivity contribution in [2.75, 3.05) is 0 Å². The van der Waals surface area contributed by atoms with Crippen LogP contribution in [-0.4, -0.2) is 40.6 Å². The Kier molecular flexibility index (Phi) is 6.02. The van der Waals surface area contributed by atoms with Crippen LogP contribution >= 0.6 is 0 Å². The first-order valence-electron chi connectivity index (χ1n) is 9.77. The van der Waals surface area contributed by atoms with Gasteiger partial charge in [0.1, 0.15) is 5.52 Å². The van der Waals surface area contributed by atoms with Crippen LogP contribution in [0.1, 0.15) is 50.9 Å². The Balaban J connectivity index is 1.95. The molecular weight excluding hydrogens is 388 g/mol. The number of carbonyl (C=O) groups excluding carboxylic acids is 1. The molecule has 3 rings (SSSR count). The Hall–Kier alpha value is -2.74. The fourth-order valence-electron chi connectivity index (χ4n) is 3.05. The molecule has 0 fully saturated rings. The van der Waals surface area contributed by atoms with E-state index in [1.165, 1.54) is 0 Å². The third-order valence-corrected chi connectivity index (χ3v) is 7.22. The molecule has 0 radical (unpaired) electrons. The molecular formula is C21H26N4O3S. The van der Waals surface area contributed by atoms with Crippen molar-refractivity contribution in [3.05, 3.63) is 42.2 Å². The van der Waals surface area contributed by atoms with Crippen molar-refractivity contribution in [3.8, 4) is 11.3 Å². The van der Waals surface area contributed by atoms with Gasteiger partial charge >= 0.3 is 0 Å². The van der Waals surface area contributed by atoms with Gasteiger partial charge in [0.15, 0.2) is 15.5 Å². The van der Waals surface area contributed by atoms with Crippen molar-refractivity contribution < 1.29 is 13.2 Å². The van der Waals surface area contributed by atoms with Gasteiger partial charge in [0.2, 0.25) is 0 Å². The Morgan fingerprint density at radius 1 is 1.14 bits per heavy atom. The van der Waals surface area contributed by atoms with Crippen LogP contribution in [0.25, 0.3) is 22.4 Å². The van der Waals surface area contributed by atoms with Gasteiger partial charge in [-0.05, 0) is 38.8 Å². The number of fused-ring (bicyclic) bond motifs is 1. The van der Waals surface area contributed by atoms with Gasteiger partial charge in [0.05, 0.1) is 27.6 Å². The molecule has 1 amide bonds. The number of nitrogens with zero attached hydrogens (tertiary/aromatic N) is 2. The SMILES string of the molecule is CCC(CC)NC(=O)c1c[nH]c2ncc(-c3ccc(S(=O)(=O)C(C)C)cc3)nc12. The second-order valence-corrected chi connectivity index (χ2v) is 9.76. The predicted octanol–water partition coefficient (Wildman–Crippen LogP) is 3.73. The van der Waals surface area contributed by atoms with Crippen molar-refractivity contribution >= 4 is 26.9 Å². The molecule has 0 atom stereocenters. The topological polar surface area (TPSA) is 105 Å². The van der Waals surface area contributed by atoms with Gasteiger partial charge in [-0.25, -0.2) is 18.4 Å². The van der Waals surface area contributed by atoms with Crippen molar-refractivity contribution in [1.82, 2.24) is 20.3 Å². The minimum Gasteiger partial charge on any atom is -0.349 e. The first-order valence-corrected chi connectivity index (χ1v) is 11.3. The summed E-state index contributed by atoms with van der Waals surface area (Å²) in [6.45, 7) is 7.38. The van der Waals surface area contributed by atoms with Gasteiger partial charge in [0.25, 0.3) is 5.91 Å². The van der Waals surface area contributed by atoms with Gasteiger partial charge in [0, 0.05) is 17.8 Å². The summed E-state index contributed by atoms with van der Waals surface area (Å²) in [6, 6.07) is 6.69. The van der Waals surface area contributed by atoms with Gasteiger partial charge in [-0.3, -0.25) is 4.79 Å². The summed E-state index contributed by atoms with van der Waals surface area (Å²) in [5.74, 6) is -0.185. The maximum Gasteiger partial charge on any atom is 0.255 e. The largest absolute Gasteiger partial charge is 0.349 e. The number of aromatic amines is 1. The molecule has 0 unspecified atom stereocenters. The third kappa shape index (κ3) is 4.17. The van der Waals surface area contributed by atoms with E-state index in [-0.39, 0.29) is 16.8 Å². The molecule has 8 heteroatoms. The Morgan fingerprint density at radius 3 is 2.38 bits per heavy atom. The van der Waals surface area contributed by atoms with Gasteiger partial charge < -0.3 is 10.3 Å². The molecule has 0 saturated carbocycles. The fraction of sp³-hybridized carbons (Fsp3) is 0.381. The van der Waals surface area contributed by atoms with E-state index in [4.69, 9.17) is 0 Å². The highest BCUT2D eigenvalue weighted by molar-refractivity contribution is 7.92. The highest BCUT2D eigenvalue weighted by atomic mass is 32.2. The van der Waals surface area contributed by atoms with Crippen LogP contribution in [0.4, 0.5) is 0 Å². The number of carbonyl (C=O) groups is 1. The zero-order valence-corrected chi connectivity index (χ0v) is 17.9. The Labute approximate surface area is 170 Å². The number of benzene rings is 1. The maximum atomic E-state index is 12.6. The number of H-pyrrole nitrogens is 1. The summed E-state index contributed by atoms with van der Waals surface area (Å²) in [6.07, 6.45) is 4.93. The summed E-state index contributed by atoms with van der Waals surface area (Å²) in [5.41, 5.74) is 2.77. The van der Waals surface area contributed by atoms with E-state index in [2.05, 4.69) is 20.3 Å². The molecule has 7 nitrogen and oxygen atoms in total. The lowest BCUT2D eigenvalue weighted by Gasteiger charge is -2.14. The minimum absolute atomic E-state index is 0.110. The maximum absolute atomic E-state index is 12.6. The van der Waals surface area contributed by atoms with Crippen LogP contribution < -0.4 is 5.32 Å². The molecule has 29 heavy (non-hydrogen) atoms. The molecule has 0 aliphatic carbocycles. The zero-order chi connectivity index (χ0) is 21.2. The van der Waals surface area contributed by atoms with Crippen LogP contribution in [0.5, 0.6) is 0 Å². The van der Waals surface area contributed by atoms with E-state index < -0.39 is 15.1 Å². The van der Waals surface area contributed by atoms with Gasteiger partial charge in [-0.15, -0.1) is 0 Å². The lowest BCUT2D eigenvalue weighted by Crippen LogP contribution is -2.33. The van der Waals surface area contributed by atoms with E-state index in [0.29, 0.717) is 22.4 Å². The molecule has 0 saturated heterocycles. The molecule has 0 aliphatic heterocycles. The second-order valence-electron chi connectivity index (χ2n) is 7.26. The molecule has 154 valence electrons. The fourth-order valence-corrected chi connectivity index (χ4v) is 4.11. The van der Waals surface area contributed by atoms with Crippen molar-refractivity contribution in [2.24, 2.45) is 0 Å². The monoisotopic (exact) mass is 414 g/mol. The molecule has 2 aromatic heterocycles. The Morgan fingerprint density at radius 2 is 1.79 bits per heavy atom. The number of sulfone groups is 1. The van der Waals surface area contributed by atoms with Crippen LogP contribution in [0.3, 0.4) is 0 Å². The third-order valence-electron chi connectivity index (χ3n) is 5.05. The van der Waals surface area contributed by atoms with Crippen LogP contribution in [0.2, 0.25) is 0 Å². The van der Waals surface area contributed by atoms with E-state index in [1.54, 1.807) is 50.5 Å². The number of hydrogen-bond donors (Lipinski definition) is 2. The molecule has 2 N–H and O–H groups in total. The summed E-state index contributed by atoms with van der Waals surface area (Å²) < 4.78 is 24.6. The predicted molar refractivity (Wildman–Crippen MR) is 113 cm³/mol. The minimum atomic E-state index is -3.33. The zero-order valence-electron chi connectivity index (χ0n) is 17.1. The Bertz CT molecular complexity index is 1110. The van der Waals surface area contributed by atoms with E-state index in [9.17, 15) is 13.2 Å². The highest BCUT2D eigenvalue weighted by Crippen LogP contribution is 2.24. The molecule has 2 heterocycles. The molecule has 0 spiro atoms. The van der Waals surface area contributed by atoms with Crippen LogP contribution in [0, 0.1) is 0 Å². The number of nitrogens with one attached hydrogen (secondary N) is 2. The first-order chi connectivity index (χ1) is 13.8. The lowest BCUT2D eigenvalue weighted by molar-refractivity contribution is 0.0936. The number of hydrogen-bond acceptors (Lipinski definition) is 5. The number of rotatable bonds is 7. The van der Waals surface area contributed by atoms with E-state index >= 15 is 0 Å². The van der Waals surface area contributed by atoms with Crippen molar-refractivity contribution in [3.63, 3.8) is 0 Å². The van der Waals surface area contributed by atoms with Gasteiger partial charge in [-0.1, -0.05) is 26.0 Å². The lowest BCUT2D eigenvalue weighted by atomic mass is 10.1. The van der Waals surface area contributed by atoms with Crippen molar-refractivity contribution in [1.29, 1.82) is 0 Å². The summed E-state index contributed by atoms with van der Waals surface area (Å²) in [7, 11) is -3.33. The van der Waals surface area contributed by atoms with Gasteiger partial charge in [-0.2, -0.15) is 0 Å². The molecule has 1 aromatic carbocycles. The van der Waals surface area contributed by atoms with E-state index in [1.807, 2.05) is 13.8 Å². The average Bonchev–Trinajstić information content (AvgIpc) is 3.15. The summed E-state index contributed by atoms with van der Waals surface area (Å²) >= 11 is 0. The quantitative estimate of drug-likeness (QED) is 0.613. The van der Waals surface area contributed by atoms with E-state index in [0.717, 1.165) is 18.4 Å². The first kappa shape index (κ1) is 21.0. The molecule has 0 aliphatic rings. The number of aromatic nitrogens is 3. The smallest absolute Gasteiger partial charge is 0.255 e. The highest BCUT2D eigenvalue weighted by Gasteiger charge is 2.20. The molecule has 0 bridgehead atoms. The average molecular weight is 415 g/mol. The normalized spacial score (nSPS) is 12.1. The second kappa shape index (κ2) is 8.32. The number of amides is 1. The summed E-state index contributed by atoms with van der Waals surface area (Å²) in [4.78, 5) is 24.9. The van der Waals surface area contributed by atoms with Crippen LogP contribution in [-0.2, 0) is 9.84 Å². The van der Waals surface area contributed by atoms with Crippen LogP contribution in [0.15, 0.2) is 41.6 Å². The summed E-state index contributed by atoms with van der Waals surface area (Å²) in [5, 5.41) is 2.53. The molecule has 3 aromatic rings.